The third-order valence-electron chi connectivity index (χ3n) is 3.68. The molecule has 1 aliphatic rings. The van der Waals surface area contributed by atoms with Gasteiger partial charge in [-0.1, -0.05) is 15.9 Å². The number of carbonyl (C=O) groups excluding carboxylic acids is 1. The average Bonchev–Trinajstić information content (AvgIpc) is 2.97. The number of hydrogen-bond donors (Lipinski definition) is 1. The van der Waals surface area contributed by atoms with E-state index < -0.39 is 18.0 Å². The predicted octanol–water partition coefficient (Wildman–Crippen LogP) is 4.09. The standard InChI is InChI=1S/C16H16BrF2N3O2/c1-16(2)6-8-4-9(17)5-11(13(8)24-16)20-15(23)10-7-22(3)21-12(10)14(18)19/h4-5,7,14H,6H2,1-3H3,(H,20,23). The van der Waals surface area contributed by atoms with Crippen LogP contribution < -0.4 is 10.1 Å². The van der Waals surface area contributed by atoms with E-state index in [1.165, 1.54) is 17.9 Å². The average molecular weight is 400 g/mol. The highest BCUT2D eigenvalue weighted by molar-refractivity contribution is 9.10. The zero-order chi connectivity index (χ0) is 17.6. The van der Waals surface area contributed by atoms with Crippen molar-refractivity contribution in [3.63, 3.8) is 0 Å². The Labute approximate surface area is 146 Å². The minimum Gasteiger partial charge on any atom is -0.485 e. The molecule has 2 aromatic rings. The summed E-state index contributed by atoms with van der Waals surface area (Å²) in [6.45, 7) is 3.89. The van der Waals surface area contributed by atoms with Crippen LogP contribution in [0.5, 0.6) is 5.75 Å². The molecule has 0 saturated heterocycles. The molecule has 3 rings (SSSR count). The fourth-order valence-electron chi connectivity index (χ4n) is 2.80. The largest absolute Gasteiger partial charge is 0.485 e. The second-order valence-electron chi connectivity index (χ2n) is 6.34. The van der Waals surface area contributed by atoms with Gasteiger partial charge in [-0.15, -0.1) is 0 Å². The normalized spacial score (nSPS) is 15.3. The Hall–Kier alpha value is -1.96. The molecule has 2 heterocycles. The van der Waals surface area contributed by atoms with E-state index in [2.05, 4.69) is 26.3 Å². The molecule has 0 bridgehead atoms. The summed E-state index contributed by atoms with van der Waals surface area (Å²) in [4.78, 5) is 12.5. The van der Waals surface area contributed by atoms with Crippen LogP contribution in [0.1, 0.15) is 41.9 Å². The number of nitrogens with one attached hydrogen (secondary N) is 1. The van der Waals surface area contributed by atoms with Crippen molar-refractivity contribution < 1.29 is 18.3 Å². The number of anilines is 1. The summed E-state index contributed by atoms with van der Waals surface area (Å²) >= 11 is 3.40. The van der Waals surface area contributed by atoms with Gasteiger partial charge in [-0.05, 0) is 26.0 Å². The fraction of sp³-hybridized carbons (Fsp3) is 0.375. The van der Waals surface area contributed by atoms with Gasteiger partial charge in [-0.2, -0.15) is 5.10 Å². The molecule has 0 fully saturated rings. The number of amides is 1. The lowest BCUT2D eigenvalue weighted by Crippen LogP contribution is -2.25. The van der Waals surface area contributed by atoms with E-state index in [9.17, 15) is 13.6 Å². The zero-order valence-corrected chi connectivity index (χ0v) is 14.9. The maximum absolute atomic E-state index is 13.0. The van der Waals surface area contributed by atoms with Crippen molar-refractivity contribution >= 4 is 27.5 Å². The molecule has 8 heteroatoms. The number of carbonyl (C=O) groups is 1. The zero-order valence-electron chi connectivity index (χ0n) is 13.4. The molecule has 0 unspecified atom stereocenters. The molecule has 1 aliphatic heterocycles. The minimum absolute atomic E-state index is 0.154. The third-order valence-corrected chi connectivity index (χ3v) is 4.14. The molecule has 24 heavy (non-hydrogen) atoms. The number of fused-ring (bicyclic) bond motifs is 1. The highest BCUT2D eigenvalue weighted by Crippen LogP contribution is 2.42. The molecule has 0 radical (unpaired) electrons. The number of hydrogen-bond acceptors (Lipinski definition) is 3. The molecular formula is C16H16BrF2N3O2. The number of rotatable bonds is 3. The molecule has 0 atom stereocenters. The Bertz CT molecular complexity index is 818. The summed E-state index contributed by atoms with van der Waals surface area (Å²) < 4.78 is 33.9. The fourth-order valence-corrected chi connectivity index (χ4v) is 3.30. The first-order valence-corrected chi connectivity index (χ1v) is 8.10. The van der Waals surface area contributed by atoms with Crippen molar-refractivity contribution in [3.8, 4) is 5.75 Å². The molecule has 1 amide bonds. The monoisotopic (exact) mass is 399 g/mol. The maximum atomic E-state index is 13.0. The maximum Gasteiger partial charge on any atom is 0.282 e. The molecule has 0 spiro atoms. The summed E-state index contributed by atoms with van der Waals surface area (Å²) in [5, 5.41) is 6.32. The minimum atomic E-state index is -2.82. The van der Waals surface area contributed by atoms with Gasteiger partial charge in [0.25, 0.3) is 12.3 Å². The van der Waals surface area contributed by atoms with Gasteiger partial charge < -0.3 is 10.1 Å². The van der Waals surface area contributed by atoms with E-state index in [0.717, 1.165) is 10.0 Å². The van der Waals surface area contributed by atoms with Gasteiger partial charge in [0, 0.05) is 29.7 Å². The predicted molar refractivity (Wildman–Crippen MR) is 88.7 cm³/mol. The highest BCUT2D eigenvalue weighted by Gasteiger charge is 2.33. The van der Waals surface area contributed by atoms with E-state index in [1.54, 1.807) is 6.07 Å². The summed E-state index contributed by atoms with van der Waals surface area (Å²) in [6, 6.07) is 3.62. The van der Waals surface area contributed by atoms with Gasteiger partial charge in [0.15, 0.2) is 0 Å². The van der Waals surface area contributed by atoms with E-state index in [0.29, 0.717) is 17.9 Å². The quantitative estimate of drug-likeness (QED) is 0.845. The second kappa shape index (κ2) is 5.84. The lowest BCUT2D eigenvalue weighted by molar-refractivity contribution is 0.100. The van der Waals surface area contributed by atoms with Crippen LogP contribution in [-0.2, 0) is 13.5 Å². The topological polar surface area (TPSA) is 56.2 Å². The van der Waals surface area contributed by atoms with Crippen LogP contribution in [0, 0.1) is 0 Å². The molecule has 1 aromatic carbocycles. The first-order chi connectivity index (χ1) is 11.2. The molecule has 0 saturated carbocycles. The van der Waals surface area contributed by atoms with Crippen LogP contribution in [0.3, 0.4) is 0 Å². The summed E-state index contributed by atoms with van der Waals surface area (Å²) in [5.74, 6) is -0.0777. The van der Waals surface area contributed by atoms with Gasteiger partial charge in [0.1, 0.15) is 17.0 Å². The summed E-state index contributed by atoms with van der Waals surface area (Å²) in [5.41, 5.74) is 0.315. The Morgan fingerprint density at radius 3 is 2.83 bits per heavy atom. The molecule has 1 N–H and O–H groups in total. The van der Waals surface area contributed by atoms with E-state index in [-0.39, 0.29) is 11.2 Å². The Morgan fingerprint density at radius 1 is 1.46 bits per heavy atom. The van der Waals surface area contributed by atoms with Gasteiger partial charge in [0.2, 0.25) is 0 Å². The number of ether oxygens (including phenoxy) is 1. The highest BCUT2D eigenvalue weighted by atomic mass is 79.9. The first kappa shape index (κ1) is 16.9. The van der Waals surface area contributed by atoms with Crippen molar-refractivity contribution in [3.05, 3.63) is 39.6 Å². The number of halogens is 3. The van der Waals surface area contributed by atoms with E-state index in [4.69, 9.17) is 4.74 Å². The number of aromatic nitrogens is 2. The number of nitrogens with zero attached hydrogens (tertiary/aromatic N) is 2. The number of alkyl halides is 2. The van der Waals surface area contributed by atoms with Crippen LogP contribution in [-0.4, -0.2) is 21.3 Å². The SMILES string of the molecule is Cn1cc(C(=O)Nc2cc(Br)cc3c2OC(C)(C)C3)c(C(F)F)n1. The Balaban J connectivity index is 1.95. The van der Waals surface area contributed by atoms with Crippen molar-refractivity contribution in [2.75, 3.05) is 5.32 Å². The van der Waals surface area contributed by atoms with Crippen molar-refractivity contribution in [2.45, 2.75) is 32.3 Å². The first-order valence-electron chi connectivity index (χ1n) is 7.31. The molecule has 0 aliphatic carbocycles. The van der Waals surface area contributed by atoms with E-state index in [1.807, 2.05) is 19.9 Å². The lowest BCUT2D eigenvalue weighted by atomic mass is 10.0. The third kappa shape index (κ3) is 3.15. The van der Waals surface area contributed by atoms with Crippen molar-refractivity contribution in [2.24, 2.45) is 7.05 Å². The summed E-state index contributed by atoms with van der Waals surface area (Å²) in [6.07, 6.45) is -0.852. The Morgan fingerprint density at radius 2 is 2.17 bits per heavy atom. The Kier molecular flexibility index (Phi) is 4.11. The van der Waals surface area contributed by atoms with Crippen LogP contribution in [0.15, 0.2) is 22.8 Å². The molecule has 128 valence electrons. The van der Waals surface area contributed by atoms with Gasteiger partial charge >= 0.3 is 0 Å². The van der Waals surface area contributed by atoms with E-state index >= 15 is 0 Å². The number of aryl methyl sites for hydroxylation is 1. The van der Waals surface area contributed by atoms with Gasteiger partial charge in [-0.25, -0.2) is 8.78 Å². The molecular weight excluding hydrogens is 384 g/mol. The van der Waals surface area contributed by atoms with Crippen molar-refractivity contribution in [1.29, 1.82) is 0 Å². The van der Waals surface area contributed by atoms with Crippen LogP contribution in [0.25, 0.3) is 0 Å². The van der Waals surface area contributed by atoms with Gasteiger partial charge in [0.05, 0.1) is 11.3 Å². The van der Waals surface area contributed by atoms with Gasteiger partial charge in [-0.3, -0.25) is 9.48 Å². The smallest absolute Gasteiger partial charge is 0.282 e. The van der Waals surface area contributed by atoms with Crippen LogP contribution in [0.4, 0.5) is 14.5 Å². The van der Waals surface area contributed by atoms with Crippen LogP contribution in [0.2, 0.25) is 0 Å². The molecule has 1 aromatic heterocycles. The lowest BCUT2D eigenvalue weighted by Gasteiger charge is -2.18. The van der Waals surface area contributed by atoms with Crippen LogP contribution >= 0.6 is 15.9 Å². The molecule has 5 nitrogen and oxygen atoms in total. The van der Waals surface area contributed by atoms with Crippen molar-refractivity contribution in [1.82, 2.24) is 9.78 Å². The summed E-state index contributed by atoms with van der Waals surface area (Å²) in [7, 11) is 1.49. The second-order valence-corrected chi connectivity index (χ2v) is 7.25. The number of benzene rings is 1.